The Morgan fingerprint density at radius 3 is 2.67 bits per heavy atom. The maximum atomic E-state index is 12.6. The SMILES string of the molecule is COc1ccc(/C=C/C(=O)N(C)[C@H](C)c2nc3ccccc3s2)c(OC)c1. The number of amides is 1. The van der Waals surface area contributed by atoms with Gasteiger partial charge in [0.1, 0.15) is 16.5 Å². The van der Waals surface area contributed by atoms with E-state index >= 15 is 0 Å². The highest BCUT2D eigenvalue weighted by Gasteiger charge is 2.19. The van der Waals surface area contributed by atoms with Crippen molar-refractivity contribution in [2.24, 2.45) is 0 Å². The van der Waals surface area contributed by atoms with Gasteiger partial charge in [-0.25, -0.2) is 4.98 Å². The quantitative estimate of drug-likeness (QED) is 0.587. The van der Waals surface area contributed by atoms with Gasteiger partial charge in [0.15, 0.2) is 0 Å². The lowest BCUT2D eigenvalue weighted by Crippen LogP contribution is -2.27. The molecule has 0 aliphatic heterocycles. The fraction of sp³-hybridized carbons (Fsp3) is 0.238. The summed E-state index contributed by atoms with van der Waals surface area (Å²) in [7, 11) is 4.98. The average Bonchev–Trinajstić information content (AvgIpc) is 3.14. The number of likely N-dealkylation sites (N-methyl/N-ethyl adjacent to an activating group) is 1. The Bertz CT molecular complexity index is 947. The molecule has 140 valence electrons. The Hall–Kier alpha value is -2.86. The van der Waals surface area contributed by atoms with Crippen LogP contribution >= 0.6 is 11.3 Å². The predicted molar refractivity (Wildman–Crippen MR) is 109 cm³/mol. The number of benzene rings is 2. The molecule has 3 rings (SSSR count). The second-order valence-corrected chi connectivity index (χ2v) is 7.15. The highest BCUT2D eigenvalue weighted by atomic mass is 32.1. The molecule has 1 amide bonds. The molecular formula is C21H22N2O3S. The zero-order chi connectivity index (χ0) is 19.4. The second kappa shape index (κ2) is 8.22. The largest absolute Gasteiger partial charge is 0.497 e. The summed E-state index contributed by atoms with van der Waals surface area (Å²) in [5.74, 6) is 1.26. The Kier molecular flexibility index (Phi) is 5.76. The van der Waals surface area contributed by atoms with E-state index in [0.29, 0.717) is 11.5 Å². The fourth-order valence-electron chi connectivity index (χ4n) is 2.66. The smallest absolute Gasteiger partial charge is 0.246 e. The van der Waals surface area contributed by atoms with Gasteiger partial charge in [0.05, 0.1) is 30.5 Å². The molecule has 27 heavy (non-hydrogen) atoms. The maximum Gasteiger partial charge on any atom is 0.246 e. The van der Waals surface area contributed by atoms with Crippen LogP contribution in [-0.4, -0.2) is 37.1 Å². The molecule has 6 heteroatoms. The third-order valence-electron chi connectivity index (χ3n) is 4.44. The van der Waals surface area contributed by atoms with Crippen LogP contribution in [0, 0.1) is 0 Å². The molecule has 0 radical (unpaired) electrons. The van der Waals surface area contributed by atoms with Crippen LogP contribution in [0.5, 0.6) is 11.5 Å². The Labute approximate surface area is 162 Å². The molecule has 0 aliphatic carbocycles. The molecule has 0 bridgehead atoms. The van der Waals surface area contributed by atoms with Crippen molar-refractivity contribution in [1.29, 1.82) is 0 Å². The van der Waals surface area contributed by atoms with Crippen LogP contribution in [0.15, 0.2) is 48.5 Å². The van der Waals surface area contributed by atoms with Gasteiger partial charge in [0.25, 0.3) is 0 Å². The zero-order valence-corrected chi connectivity index (χ0v) is 16.6. The van der Waals surface area contributed by atoms with Crippen LogP contribution in [0.2, 0.25) is 0 Å². The van der Waals surface area contributed by atoms with Gasteiger partial charge >= 0.3 is 0 Å². The van der Waals surface area contributed by atoms with Gasteiger partial charge in [-0.1, -0.05) is 12.1 Å². The first kappa shape index (κ1) is 18.9. The third-order valence-corrected chi connectivity index (χ3v) is 5.65. The van der Waals surface area contributed by atoms with E-state index in [1.54, 1.807) is 55.7 Å². The first-order chi connectivity index (χ1) is 13.0. The second-order valence-electron chi connectivity index (χ2n) is 6.09. The lowest BCUT2D eigenvalue weighted by atomic mass is 10.1. The summed E-state index contributed by atoms with van der Waals surface area (Å²) >= 11 is 1.61. The number of hydrogen-bond acceptors (Lipinski definition) is 5. The summed E-state index contributed by atoms with van der Waals surface area (Å²) < 4.78 is 11.7. The molecule has 0 fully saturated rings. The van der Waals surface area contributed by atoms with Crippen molar-refractivity contribution in [2.75, 3.05) is 21.3 Å². The van der Waals surface area contributed by atoms with E-state index in [1.165, 1.54) is 0 Å². The first-order valence-corrected chi connectivity index (χ1v) is 9.37. The first-order valence-electron chi connectivity index (χ1n) is 8.56. The van der Waals surface area contributed by atoms with Crippen molar-refractivity contribution >= 4 is 33.5 Å². The normalized spacial score (nSPS) is 12.3. The van der Waals surface area contributed by atoms with Crippen molar-refractivity contribution in [2.45, 2.75) is 13.0 Å². The third kappa shape index (κ3) is 4.11. The van der Waals surface area contributed by atoms with Gasteiger partial charge < -0.3 is 14.4 Å². The van der Waals surface area contributed by atoms with Crippen molar-refractivity contribution < 1.29 is 14.3 Å². The van der Waals surface area contributed by atoms with Crippen molar-refractivity contribution in [3.05, 3.63) is 59.1 Å². The van der Waals surface area contributed by atoms with E-state index in [9.17, 15) is 4.79 Å². The minimum absolute atomic E-state index is 0.0976. The number of carbonyl (C=O) groups is 1. The summed E-state index contributed by atoms with van der Waals surface area (Å²) in [6.45, 7) is 1.98. The Balaban J connectivity index is 1.76. The van der Waals surface area contributed by atoms with Crippen LogP contribution in [0.3, 0.4) is 0 Å². The Morgan fingerprint density at radius 2 is 1.96 bits per heavy atom. The van der Waals surface area contributed by atoms with Crippen molar-refractivity contribution in [1.82, 2.24) is 9.88 Å². The van der Waals surface area contributed by atoms with Crippen molar-refractivity contribution in [3.63, 3.8) is 0 Å². The molecule has 0 N–H and O–H groups in total. The van der Waals surface area contributed by atoms with Crippen LogP contribution in [0.1, 0.15) is 23.5 Å². The van der Waals surface area contributed by atoms with Gasteiger partial charge in [-0.15, -0.1) is 11.3 Å². The standard InChI is InChI=1S/C21H22N2O3S/c1-14(21-22-17-7-5-6-8-19(17)27-21)23(2)20(24)12-10-15-9-11-16(25-3)13-18(15)26-4/h5-14H,1-4H3/b12-10+/t14-/m1/s1. The lowest BCUT2D eigenvalue weighted by molar-refractivity contribution is -0.126. The molecule has 5 nitrogen and oxygen atoms in total. The topological polar surface area (TPSA) is 51.7 Å². The molecule has 2 aromatic carbocycles. The van der Waals surface area contributed by atoms with E-state index in [0.717, 1.165) is 20.8 Å². The van der Waals surface area contributed by atoms with Crippen LogP contribution in [-0.2, 0) is 4.79 Å². The number of fused-ring (bicyclic) bond motifs is 1. The van der Waals surface area contributed by atoms with E-state index in [4.69, 9.17) is 9.47 Å². The highest BCUT2D eigenvalue weighted by molar-refractivity contribution is 7.18. The number of carbonyl (C=O) groups excluding carboxylic acids is 1. The number of thiazole rings is 1. The monoisotopic (exact) mass is 382 g/mol. The molecular weight excluding hydrogens is 360 g/mol. The number of ether oxygens (including phenoxy) is 2. The van der Waals surface area contributed by atoms with Crippen molar-refractivity contribution in [3.8, 4) is 11.5 Å². The fourth-order valence-corrected chi connectivity index (χ4v) is 3.72. The van der Waals surface area contributed by atoms with Crippen LogP contribution in [0.4, 0.5) is 0 Å². The summed E-state index contributed by atoms with van der Waals surface area (Å²) in [5, 5.41) is 0.919. The van der Waals surface area contributed by atoms with Crippen LogP contribution in [0.25, 0.3) is 16.3 Å². The highest BCUT2D eigenvalue weighted by Crippen LogP contribution is 2.29. The molecule has 0 unspecified atom stereocenters. The number of rotatable bonds is 6. The number of hydrogen-bond donors (Lipinski definition) is 0. The molecule has 0 spiro atoms. The maximum absolute atomic E-state index is 12.6. The number of nitrogens with zero attached hydrogens (tertiary/aromatic N) is 2. The number of para-hydroxylation sites is 1. The Morgan fingerprint density at radius 1 is 1.19 bits per heavy atom. The van der Waals surface area contributed by atoms with E-state index in [2.05, 4.69) is 4.98 Å². The number of methoxy groups -OCH3 is 2. The molecule has 0 saturated heterocycles. The zero-order valence-electron chi connectivity index (χ0n) is 15.8. The van der Waals surface area contributed by atoms with Gasteiger partial charge in [-0.05, 0) is 37.3 Å². The predicted octanol–water partition coefficient (Wildman–Crippen LogP) is 4.55. The molecule has 1 atom stereocenters. The summed E-state index contributed by atoms with van der Waals surface area (Å²) in [6, 6.07) is 13.4. The van der Waals surface area contributed by atoms with Crippen LogP contribution < -0.4 is 9.47 Å². The van der Waals surface area contributed by atoms with Gasteiger partial charge in [-0.2, -0.15) is 0 Å². The lowest BCUT2D eigenvalue weighted by Gasteiger charge is -2.21. The minimum Gasteiger partial charge on any atom is -0.497 e. The van der Waals surface area contributed by atoms with E-state index < -0.39 is 0 Å². The van der Waals surface area contributed by atoms with Gasteiger partial charge in [-0.3, -0.25) is 4.79 Å². The summed E-state index contributed by atoms with van der Waals surface area (Å²) in [6.07, 6.45) is 3.30. The van der Waals surface area contributed by atoms with E-state index in [1.807, 2.05) is 43.3 Å². The average molecular weight is 382 g/mol. The van der Waals surface area contributed by atoms with Gasteiger partial charge in [0, 0.05) is 24.8 Å². The molecule has 1 heterocycles. The molecule has 0 saturated carbocycles. The van der Waals surface area contributed by atoms with Gasteiger partial charge in [0.2, 0.25) is 5.91 Å². The molecule has 1 aromatic heterocycles. The summed E-state index contributed by atoms with van der Waals surface area (Å²) in [5.41, 5.74) is 1.77. The molecule has 3 aromatic rings. The summed E-state index contributed by atoms with van der Waals surface area (Å²) in [4.78, 5) is 19.0. The molecule has 0 aliphatic rings. The minimum atomic E-state index is -0.114. The number of aromatic nitrogens is 1. The van der Waals surface area contributed by atoms with E-state index in [-0.39, 0.29) is 11.9 Å².